The van der Waals surface area contributed by atoms with Gasteiger partial charge in [-0.3, -0.25) is 0 Å². The van der Waals surface area contributed by atoms with Crippen LogP contribution in [-0.4, -0.2) is 9.97 Å². The van der Waals surface area contributed by atoms with Gasteiger partial charge in [-0.15, -0.1) is 11.3 Å². The van der Waals surface area contributed by atoms with Gasteiger partial charge in [0.1, 0.15) is 0 Å². The molecule has 66 heavy (non-hydrogen) atoms. The highest BCUT2D eigenvalue weighted by Gasteiger charge is 2.51. The summed E-state index contributed by atoms with van der Waals surface area (Å²) in [4.78, 5) is 10.9. The van der Waals surface area contributed by atoms with Gasteiger partial charge in [-0.05, 0) is 114 Å². The van der Waals surface area contributed by atoms with E-state index in [1.54, 1.807) is 0 Å². The van der Waals surface area contributed by atoms with Crippen LogP contribution < -0.4 is 0 Å². The molecule has 12 aromatic rings. The third kappa shape index (κ3) is 5.41. The minimum atomic E-state index is -0.456. The molecule has 0 aliphatic heterocycles. The number of hydrogen-bond acceptors (Lipinski definition) is 3. The Morgan fingerprint density at radius 1 is 0.303 bits per heavy atom. The number of thiophene rings is 1. The lowest BCUT2D eigenvalue weighted by Crippen LogP contribution is -2.25. The van der Waals surface area contributed by atoms with Crippen molar-refractivity contribution in [2.75, 3.05) is 0 Å². The maximum absolute atomic E-state index is 5.46. The van der Waals surface area contributed by atoms with E-state index in [0.717, 1.165) is 39.2 Å². The van der Waals surface area contributed by atoms with Crippen LogP contribution >= 0.6 is 11.3 Å². The van der Waals surface area contributed by atoms with Gasteiger partial charge in [0.2, 0.25) is 0 Å². The molecule has 2 aliphatic carbocycles. The van der Waals surface area contributed by atoms with Crippen LogP contribution in [0.1, 0.15) is 22.3 Å². The molecule has 0 radical (unpaired) electrons. The van der Waals surface area contributed by atoms with Gasteiger partial charge in [0.05, 0.1) is 16.8 Å². The zero-order valence-corrected chi connectivity index (χ0v) is 36.6. The molecule has 2 aromatic heterocycles. The molecule has 0 saturated carbocycles. The van der Waals surface area contributed by atoms with Crippen LogP contribution in [0.4, 0.5) is 0 Å². The minimum Gasteiger partial charge on any atom is -0.228 e. The van der Waals surface area contributed by atoms with Crippen LogP contribution in [0, 0.1) is 0 Å². The van der Waals surface area contributed by atoms with Gasteiger partial charge in [-0.25, -0.2) is 9.97 Å². The van der Waals surface area contributed by atoms with E-state index in [2.05, 4.69) is 231 Å². The molecular formula is C63H38N2S. The van der Waals surface area contributed by atoms with Crippen molar-refractivity contribution >= 4 is 42.3 Å². The topological polar surface area (TPSA) is 25.8 Å². The van der Waals surface area contributed by atoms with Crippen molar-refractivity contribution in [3.05, 3.63) is 253 Å². The molecule has 0 amide bonds. The SMILES string of the molecule is c1ccc(-c2nc(-c3cc(-c4cccc5ccccc45)cc(-c4cccc5c4sc4ccccc45)c3)cc(-c3ccc4c(c3)C3(c5ccccc5-c5ccccc53)c3ccccc3-4)n2)cc1. The summed E-state index contributed by atoms with van der Waals surface area (Å²) < 4.78 is 2.58. The van der Waals surface area contributed by atoms with Crippen molar-refractivity contribution in [2.45, 2.75) is 5.41 Å². The summed E-state index contributed by atoms with van der Waals surface area (Å²) in [5.41, 5.74) is 19.5. The van der Waals surface area contributed by atoms with E-state index >= 15 is 0 Å². The Morgan fingerprint density at radius 2 is 0.818 bits per heavy atom. The third-order valence-electron chi connectivity index (χ3n) is 14.1. The quantitative estimate of drug-likeness (QED) is 0.172. The number of benzene rings is 10. The van der Waals surface area contributed by atoms with Gasteiger partial charge in [0.25, 0.3) is 0 Å². The van der Waals surface area contributed by atoms with Gasteiger partial charge < -0.3 is 0 Å². The monoisotopic (exact) mass is 854 g/mol. The van der Waals surface area contributed by atoms with Crippen LogP contribution in [-0.2, 0) is 5.41 Å². The number of hydrogen-bond donors (Lipinski definition) is 0. The number of rotatable bonds is 5. The summed E-state index contributed by atoms with van der Waals surface area (Å²) in [6.07, 6.45) is 0. The first-order valence-corrected chi connectivity index (χ1v) is 23.5. The molecule has 0 unspecified atom stereocenters. The molecule has 0 atom stereocenters. The van der Waals surface area contributed by atoms with E-state index in [1.807, 2.05) is 11.3 Å². The molecule has 0 bridgehead atoms. The van der Waals surface area contributed by atoms with E-state index < -0.39 is 5.41 Å². The lowest BCUT2D eigenvalue weighted by molar-refractivity contribution is 0.794. The summed E-state index contributed by atoms with van der Waals surface area (Å²) in [6.45, 7) is 0. The molecule has 306 valence electrons. The first kappa shape index (κ1) is 37.2. The average Bonchev–Trinajstić information content (AvgIpc) is 4.03. The van der Waals surface area contributed by atoms with Crippen LogP contribution in [0.3, 0.4) is 0 Å². The zero-order chi connectivity index (χ0) is 43.3. The second-order valence-electron chi connectivity index (χ2n) is 17.6. The number of fused-ring (bicyclic) bond motifs is 14. The van der Waals surface area contributed by atoms with Crippen LogP contribution in [0.25, 0.3) is 109 Å². The Balaban J connectivity index is 1.02. The third-order valence-corrected chi connectivity index (χ3v) is 15.3. The zero-order valence-electron chi connectivity index (χ0n) is 35.7. The summed E-state index contributed by atoms with van der Waals surface area (Å²) in [5, 5.41) is 5.01. The molecule has 10 aromatic carbocycles. The fourth-order valence-electron chi connectivity index (χ4n) is 11.3. The lowest BCUT2D eigenvalue weighted by atomic mass is 9.70. The summed E-state index contributed by atoms with van der Waals surface area (Å²) in [5.74, 6) is 0.696. The highest BCUT2D eigenvalue weighted by molar-refractivity contribution is 7.26. The van der Waals surface area contributed by atoms with Gasteiger partial charge in [0.15, 0.2) is 5.82 Å². The van der Waals surface area contributed by atoms with Crippen molar-refractivity contribution in [3.8, 4) is 78.4 Å². The first-order valence-electron chi connectivity index (χ1n) is 22.6. The molecule has 0 N–H and O–H groups in total. The van der Waals surface area contributed by atoms with Crippen LogP contribution in [0.5, 0.6) is 0 Å². The van der Waals surface area contributed by atoms with Gasteiger partial charge in [-0.1, -0.05) is 194 Å². The standard InChI is InChI=1S/C63H38N2S/c1-2-17-40(18-3-1)62-64-58(41-32-33-51-50-23-8-12-30-56(50)63(57(51)37-41)54-28-10-6-21-48(54)49-22-7-11-29-55(49)63)38-59(65-62)44-35-42(46-25-14-19-39-16-4-5-20-45(39)46)34-43(36-44)47-26-15-27-53-52-24-9-13-31-60(52)66-61(47)53/h1-38H. The van der Waals surface area contributed by atoms with Crippen molar-refractivity contribution in [2.24, 2.45) is 0 Å². The Bertz CT molecular complexity index is 3890. The van der Waals surface area contributed by atoms with Crippen LogP contribution in [0.2, 0.25) is 0 Å². The van der Waals surface area contributed by atoms with Gasteiger partial charge in [-0.2, -0.15) is 0 Å². The maximum atomic E-state index is 5.46. The van der Waals surface area contributed by atoms with Gasteiger partial charge in [0, 0.05) is 36.9 Å². The highest BCUT2D eigenvalue weighted by atomic mass is 32.1. The fourth-order valence-corrected chi connectivity index (χ4v) is 12.5. The second-order valence-corrected chi connectivity index (χ2v) is 18.6. The minimum absolute atomic E-state index is 0.456. The molecule has 2 nitrogen and oxygen atoms in total. The smallest absolute Gasteiger partial charge is 0.160 e. The Morgan fingerprint density at radius 3 is 1.56 bits per heavy atom. The highest BCUT2D eigenvalue weighted by Crippen LogP contribution is 2.63. The predicted octanol–water partition coefficient (Wildman–Crippen LogP) is 16.7. The van der Waals surface area contributed by atoms with Crippen LogP contribution in [0.15, 0.2) is 231 Å². The molecule has 2 aliphatic rings. The molecular weight excluding hydrogens is 817 g/mol. The largest absolute Gasteiger partial charge is 0.228 e. The average molecular weight is 855 g/mol. The van der Waals surface area contributed by atoms with E-state index in [-0.39, 0.29) is 0 Å². The first-order chi connectivity index (χ1) is 32.7. The summed E-state index contributed by atoms with van der Waals surface area (Å²) in [7, 11) is 0. The second kappa shape index (κ2) is 14.4. The van der Waals surface area contributed by atoms with Crippen molar-refractivity contribution < 1.29 is 0 Å². The Kier molecular flexibility index (Phi) is 8.10. The molecule has 14 rings (SSSR count). The van der Waals surface area contributed by atoms with Crippen molar-refractivity contribution in [1.82, 2.24) is 9.97 Å². The fraction of sp³-hybridized carbons (Fsp3) is 0.0159. The lowest BCUT2D eigenvalue weighted by Gasteiger charge is -2.30. The molecule has 3 heteroatoms. The van der Waals surface area contributed by atoms with Gasteiger partial charge >= 0.3 is 0 Å². The van der Waals surface area contributed by atoms with E-state index in [1.165, 1.54) is 86.6 Å². The molecule has 1 spiro atoms. The van der Waals surface area contributed by atoms with E-state index in [4.69, 9.17) is 9.97 Å². The van der Waals surface area contributed by atoms with E-state index in [9.17, 15) is 0 Å². The Labute approximate surface area is 386 Å². The molecule has 2 heterocycles. The van der Waals surface area contributed by atoms with Crippen molar-refractivity contribution in [3.63, 3.8) is 0 Å². The molecule has 0 fully saturated rings. The summed E-state index contributed by atoms with van der Waals surface area (Å²) >= 11 is 1.87. The number of aromatic nitrogens is 2. The Hall–Kier alpha value is -8.24. The van der Waals surface area contributed by atoms with E-state index in [0.29, 0.717) is 5.82 Å². The predicted molar refractivity (Wildman–Crippen MR) is 276 cm³/mol. The normalized spacial score (nSPS) is 13.0. The van der Waals surface area contributed by atoms with Crippen molar-refractivity contribution in [1.29, 1.82) is 0 Å². The maximum Gasteiger partial charge on any atom is 0.160 e. The summed E-state index contributed by atoms with van der Waals surface area (Å²) in [6, 6.07) is 84.5. The number of nitrogens with zero attached hydrogens (tertiary/aromatic N) is 2. The molecule has 0 saturated heterocycles.